The second kappa shape index (κ2) is 7.30. The molecule has 0 bridgehead atoms. The molecule has 2 aromatic rings. The second-order valence-corrected chi connectivity index (χ2v) is 4.68. The lowest BCUT2D eigenvalue weighted by molar-refractivity contribution is -0.384. The van der Waals surface area contributed by atoms with Crippen LogP contribution in [0.5, 0.6) is 0 Å². The van der Waals surface area contributed by atoms with E-state index in [4.69, 9.17) is 4.74 Å². The lowest BCUT2D eigenvalue weighted by Gasteiger charge is -2.15. The van der Waals surface area contributed by atoms with Gasteiger partial charge in [0.25, 0.3) is 0 Å². The first-order valence-corrected chi connectivity index (χ1v) is 7.01. The van der Waals surface area contributed by atoms with Gasteiger partial charge >= 0.3 is 11.7 Å². The van der Waals surface area contributed by atoms with Crippen LogP contribution in [0.2, 0.25) is 0 Å². The molecule has 0 saturated heterocycles. The average Bonchev–Trinajstić information content (AvgIpc) is 2.55. The van der Waals surface area contributed by atoms with Crippen molar-refractivity contribution in [3.05, 3.63) is 58.0 Å². The fourth-order valence-electron chi connectivity index (χ4n) is 2.06. The molecule has 0 fully saturated rings. The molecule has 0 amide bonds. The van der Waals surface area contributed by atoms with E-state index in [-0.39, 0.29) is 24.0 Å². The van der Waals surface area contributed by atoms with E-state index >= 15 is 0 Å². The molecule has 1 unspecified atom stereocenters. The molecular weight excluding hydrogens is 300 g/mol. The van der Waals surface area contributed by atoms with Gasteiger partial charge in [-0.2, -0.15) is 0 Å². The zero-order chi connectivity index (χ0) is 16.8. The number of aromatic nitrogens is 2. The van der Waals surface area contributed by atoms with Crippen molar-refractivity contribution in [1.29, 1.82) is 0 Å². The number of carbonyl (C=O) groups excluding carboxylic acids is 1. The number of esters is 1. The van der Waals surface area contributed by atoms with Gasteiger partial charge in [0.05, 0.1) is 17.6 Å². The monoisotopic (exact) mass is 316 g/mol. The van der Waals surface area contributed by atoms with E-state index in [1.54, 1.807) is 31.5 Å². The third-order valence-electron chi connectivity index (χ3n) is 3.16. The Hall–Kier alpha value is -3.03. The minimum atomic E-state index is -0.749. The van der Waals surface area contributed by atoms with Gasteiger partial charge in [0.1, 0.15) is 5.56 Å². The highest BCUT2D eigenvalue weighted by atomic mass is 16.6. The highest BCUT2D eigenvalue weighted by Gasteiger charge is 2.27. The second-order valence-electron chi connectivity index (χ2n) is 4.68. The van der Waals surface area contributed by atoms with Gasteiger partial charge in [-0.05, 0) is 37.6 Å². The first-order valence-electron chi connectivity index (χ1n) is 7.01. The number of nitrogens with zero attached hydrogens (tertiary/aromatic N) is 3. The topological polar surface area (TPSA) is 107 Å². The van der Waals surface area contributed by atoms with Crippen LogP contribution in [0.1, 0.15) is 35.8 Å². The Balaban J connectivity index is 2.37. The maximum absolute atomic E-state index is 11.9. The summed E-state index contributed by atoms with van der Waals surface area (Å²) in [6, 6.07) is 4.61. The fraction of sp³-hybridized carbons (Fsp3) is 0.267. The van der Waals surface area contributed by atoms with Crippen LogP contribution in [0.4, 0.5) is 11.5 Å². The summed E-state index contributed by atoms with van der Waals surface area (Å²) in [6.45, 7) is 3.60. The number of anilines is 1. The molecule has 0 aliphatic heterocycles. The smallest absolute Gasteiger partial charge is 0.345 e. The van der Waals surface area contributed by atoms with Gasteiger partial charge in [0.2, 0.25) is 5.82 Å². The van der Waals surface area contributed by atoms with Crippen LogP contribution in [-0.4, -0.2) is 27.5 Å². The van der Waals surface area contributed by atoms with Gasteiger partial charge in [0, 0.05) is 18.6 Å². The number of rotatable bonds is 6. The van der Waals surface area contributed by atoms with Crippen LogP contribution in [0, 0.1) is 10.1 Å². The van der Waals surface area contributed by atoms with Crippen molar-refractivity contribution >= 4 is 17.5 Å². The van der Waals surface area contributed by atoms with Gasteiger partial charge in [-0.1, -0.05) is 0 Å². The third kappa shape index (κ3) is 3.79. The van der Waals surface area contributed by atoms with Crippen molar-refractivity contribution in [3.63, 3.8) is 0 Å². The van der Waals surface area contributed by atoms with Crippen molar-refractivity contribution in [3.8, 4) is 0 Å². The van der Waals surface area contributed by atoms with Gasteiger partial charge in [-0.15, -0.1) is 0 Å². The first kappa shape index (κ1) is 16.3. The number of pyridine rings is 2. The van der Waals surface area contributed by atoms with E-state index in [0.29, 0.717) is 0 Å². The molecule has 1 atom stereocenters. The quantitative estimate of drug-likeness (QED) is 0.496. The Morgan fingerprint density at radius 2 is 2.04 bits per heavy atom. The van der Waals surface area contributed by atoms with E-state index < -0.39 is 16.6 Å². The fourth-order valence-corrected chi connectivity index (χ4v) is 2.06. The minimum absolute atomic E-state index is 0.0184. The summed E-state index contributed by atoms with van der Waals surface area (Å²) in [5.41, 5.74) is 0.362. The van der Waals surface area contributed by atoms with E-state index in [9.17, 15) is 14.9 Å². The highest BCUT2D eigenvalue weighted by Crippen LogP contribution is 2.29. The van der Waals surface area contributed by atoms with Crippen LogP contribution < -0.4 is 5.32 Å². The summed E-state index contributed by atoms with van der Waals surface area (Å²) in [6.07, 6.45) is 4.59. The highest BCUT2D eigenvalue weighted by molar-refractivity contribution is 5.96. The van der Waals surface area contributed by atoms with Gasteiger partial charge in [0.15, 0.2) is 0 Å². The van der Waals surface area contributed by atoms with E-state index in [1.165, 1.54) is 12.3 Å². The molecule has 8 heteroatoms. The van der Waals surface area contributed by atoms with E-state index in [0.717, 1.165) is 5.56 Å². The summed E-state index contributed by atoms with van der Waals surface area (Å²) in [5.74, 6) is -0.730. The Kier molecular flexibility index (Phi) is 5.19. The molecule has 0 spiro atoms. The largest absolute Gasteiger partial charge is 0.462 e. The molecule has 0 saturated carbocycles. The number of hydrogen-bond donors (Lipinski definition) is 1. The lowest BCUT2D eigenvalue weighted by Crippen LogP contribution is -2.14. The molecule has 2 aromatic heterocycles. The molecule has 8 nitrogen and oxygen atoms in total. The molecule has 2 rings (SSSR count). The Labute approximate surface area is 132 Å². The number of nitrogens with one attached hydrogen (secondary N) is 1. The molecule has 120 valence electrons. The Bertz CT molecular complexity index is 706. The number of nitro groups is 1. The Morgan fingerprint density at radius 1 is 1.35 bits per heavy atom. The van der Waals surface area contributed by atoms with Crippen LogP contribution in [0.25, 0.3) is 0 Å². The summed E-state index contributed by atoms with van der Waals surface area (Å²) in [7, 11) is 0. The normalized spacial score (nSPS) is 11.6. The van der Waals surface area contributed by atoms with Crippen molar-refractivity contribution in [2.75, 3.05) is 11.9 Å². The van der Waals surface area contributed by atoms with E-state index in [1.807, 2.05) is 6.92 Å². The molecule has 0 aromatic carbocycles. The maximum atomic E-state index is 11.9. The van der Waals surface area contributed by atoms with Crippen LogP contribution in [0.3, 0.4) is 0 Å². The van der Waals surface area contributed by atoms with Crippen LogP contribution in [-0.2, 0) is 4.74 Å². The number of carbonyl (C=O) groups is 1. The summed E-state index contributed by atoms with van der Waals surface area (Å²) in [5, 5.41) is 14.3. The van der Waals surface area contributed by atoms with Crippen LogP contribution in [0.15, 0.2) is 36.8 Å². The van der Waals surface area contributed by atoms with Crippen molar-refractivity contribution in [1.82, 2.24) is 9.97 Å². The first-order chi connectivity index (χ1) is 11.0. The summed E-state index contributed by atoms with van der Waals surface area (Å²) in [4.78, 5) is 30.5. The van der Waals surface area contributed by atoms with Gasteiger partial charge < -0.3 is 10.1 Å². The van der Waals surface area contributed by atoms with Crippen LogP contribution >= 0.6 is 0 Å². The molecular formula is C15H16N4O4. The SMILES string of the molecule is CCOC(=O)c1ccnc(NC(C)c2ccncc2)c1[N+](=O)[O-]. The Morgan fingerprint density at radius 3 is 2.65 bits per heavy atom. The van der Waals surface area contributed by atoms with Gasteiger partial charge in [-0.3, -0.25) is 15.1 Å². The minimum Gasteiger partial charge on any atom is -0.462 e. The summed E-state index contributed by atoms with van der Waals surface area (Å²) >= 11 is 0. The maximum Gasteiger partial charge on any atom is 0.345 e. The number of ether oxygens (including phenoxy) is 1. The van der Waals surface area contributed by atoms with Crippen molar-refractivity contribution in [2.24, 2.45) is 0 Å². The standard InChI is InChI=1S/C15H16N4O4/c1-3-23-15(20)12-6-9-17-14(13(12)19(21)22)18-10(2)11-4-7-16-8-5-11/h4-10H,3H2,1-2H3,(H,17,18). The predicted octanol–water partition coefficient (Wildman–Crippen LogP) is 2.73. The zero-order valence-electron chi connectivity index (χ0n) is 12.7. The average molecular weight is 316 g/mol. The molecule has 0 radical (unpaired) electrons. The van der Waals surface area contributed by atoms with Crippen molar-refractivity contribution < 1.29 is 14.5 Å². The summed E-state index contributed by atoms with van der Waals surface area (Å²) < 4.78 is 4.86. The molecule has 2 heterocycles. The molecule has 1 N–H and O–H groups in total. The van der Waals surface area contributed by atoms with Crippen molar-refractivity contribution in [2.45, 2.75) is 19.9 Å². The number of hydrogen-bond acceptors (Lipinski definition) is 7. The third-order valence-corrected chi connectivity index (χ3v) is 3.16. The zero-order valence-corrected chi connectivity index (χ0v) is 12.7. The molecule has 0 aliphatic carbocycles. The van der Waals surface area contributed by atoms with E-state index in [2.05, 4.69) is 15.3 Å². The molecule has 0 aliphatic rings. The lowest BCUT2D eigenvalue weighted by atomic mass is 10.1. The van der Waals surface area contributed by atoms with Gasteiger partial charge in [-0.25, -0.2) is 9.78 Å². The molecule has 23 heavy (non-hydrogen) atoms. The predicted molar refractivity (Wildman–Crippen MR) is 83.1 cm³/mol.